The van der Waals surface area contributed by atoms with Gasteiger partial charge in [-0.3, -0.25) is 4.79 Å². The largest absolute Gasteiger partial charge is 0.457 e. The number of pyridine rings is 1. The molecule has 126 valence electrons. The minimum absolute atomic E-state index is 0.299. The van der Waals surface area contributed by atoms with E-state index in [1.165, 1.54) is 30.3 Å². The SMILES string of the molecule is Cc1nc(F)ccc1C(=O)Nc1ccc(Oc2ccc(F)cc2)cc1. The Balaban J connectivity index is 1.67. The standard InChI is InChI=1S/C19H14F2N2O2/c1-12-17(10-11-18(21)22-12)19(24)23-14-4-8-16(9-5-14)25-15-6-2-13(20)3-7-15/h2-11H,1H3,(H,23,24). The van der Waals surface area contributed by atoms with Crippen LogP contribution in [0.25, 0.3) is 0 Å². The zero-order valence-electron chi connectivity index (χ0n) is 13.3. The molecular weight excluding hydrogens is 326 g/mol. The number of amides is 1. The summed E-state index contributed by atoms with van der Waals surface area (Å²) in [5.74, 6) is -0.292. The van der Waals surface area contributed by atoms with E-state index < -0.39 is 5.95 Å². The topological polar surface area (TPSA) is 51.2 Å². The van der Waals surface area contributed by atoms with Crippen LogP contribution in [-0.4, -0.2) is 10.9 Å². The Morgan fingerprint density at radius 1 is 0.920 bits per heavy atom. The monoisotopic (exact) mass is 340 g/mol. The van der Waals surface area contributed by atoms with Gasteiger partial charge in [0.05, 0.1) is 11.3 Å². The molecular formula is C19H14F2N2O2. The van der Waals surface area contributed by atoms with Crippen LogP contribution in [0.4, 0.5) is 14.5 Å². The van der Waals surface area contributed by atoms with Crippen LogP contribution in [0.3, 0.4) is 0 Å². The van der Waals surface area contributed by atoms with Gasteiger partial charge in [0, 0.05) is 5.69 Å². The molecule has 1 heterocycles. The average molecular weight is 340 g/mol. The van der Waals surface area contributed by atoms with Crippen LogP contribution in [0.15, 0.2) is 60.7 Å². The summed E-state index contributed by atoms with van der Waals surface area (Å²) in [4.78, 5) is 15.8. The quantitative estimate of drug-likeness (QED) is 0.700. The molecule has 0 spiro atoms. The first-order chi connectivity index (χ1) is 12.0. The van der Waals surface area contributed by atoms with E-state index in [1.54, 1.807) is 31.2 Å². The lowest BCUT2D eigenvalue weighted by Crippen LogP contribution is -2.14. The molecule has 0 aliphatic heterocycles. The zero-order chi connectivity index (χ0) is 17.8. The second kappa shape index (κ2) is 7.09. The molecule has 1 amide bonds. The lowest BCUT2D eigenvalue weighted by Gasteiger charge is -2.09. The lowest BCUT2D eigenvalue weighted by atomic mass is 10.2. The van der Waals surface area contributed by atoms with Crippen LogP contribution in [0.5, 0.6) is 11.5 Å². The van der Waals surface area contributed by atoms with Crippen molar-refractivity contribution in [3.05, 3.63) is 83.7 Å². The van der Waals surface area contributed by atoms with E-state index in [-0.39, 0.29) is 11.7 Å². The van der Waals surface area contributed by atoms with Gasteiger partial charge in [0.1, 0.15) is 17.3 Å². The van der Waals surface area contributed by atoms with Crippen molar-refractivity contribution >= 4 is 11.6 Å². The predicted molar refractivity (Wildman–Crippen MR) is 89.8 cm³/mol. The van der Waals surface area contributed by atoms with Crippen molar-refractivity contribution in [1.29, 1.82) is 0 Å². The molecule has 0 saturated heterocycles. The van der Waals surface area contributed by atoms with Gasteiger partial charge in [-0.15, -0.1) is 0 Å². The van der Waals surface area contributed by atoms with Gasteiger partial charge in [0.2, 0.25) is 5.95 Å². The Labute approximate surface area is 143 Å². The molecule has 6 heteroatoms. The number of ether oxygens (including phenoxy) is 1. The fourth-order valence-corrected chi connectivity index (χ4v) is 2.21. The normalized spacial score (nSPS) is 10.4. The Morgan fingerprint density at radius 3 is 2.12 bits per heavy atom. The molecule has 25 heavy (non-hydrogen) atoms. The van der Waals surface area contributed by atoms with Gasteiger partial charge in [-0.1, -0.05) is 0 Å². The molecule has 4 nitrogen and oxygen atoms in total. The number of hydrogen-bond donors (Lipinski definition) is 1. The fourth-order valence-electron chi connectivity index (χ4n) is 2.21. The van der Waals surface area contributed by atoms with Gasteiger partial charge in [0.25, 0.3) is 5.91 Å². The van der Waals surface area contributed by atoms with Crippen LogP contribution >= 0.6 is 0 Å². The summed E-state index contributed by atoms with van der Waals surface area (Å²) in [7, 11) is 0. The molecule has 1 aromatic heterocycles. The molecule has 2 aromatic carbocycles. The number of rotatable bonds is 4. The summed E-state index contributed by atoms with van der Waals surface area (Å²) in [5, 5.41) is 2.71. The van der Waals surface area contributed by atoms with Gasteiger partial charge >= 0.3 is 0 Å². The van der Waals surface area contributed by atoms with Crippen molar-refractivity contribution in [3.8, 4) is 11.5 Å². The maximum Gasteiger partial charge on any atom is 0.257 e. The Bertz CT molecular complexity index is 894. The van der Waals surface area contributed by atoms with Gasteiger partial charge in [-0.25, -0.2) is 9.37 Å². The maximum atomic E-state index is 13.0. The molecule has 0 bridgehead atoms. The molecule has 0 saturated carbocycles. The number of nitrogens with one attached hydrogen (secondary N) is 1. The van der Waals surface area contributed by atoms with E-state index >= 15 is 0 Å². The van der Waals surface area contributed by atoms with Crippen molar-refractivity contribution in [2.75, 3.05) is 5.32 Å². The third-order valence-corrected chi connectivity index (χ3v) is 3.46. The number of aryl methyl sites for hydroxylation is 1. The average Bonchev–Trinajstić information content (AvgIpc) is 2.58. The van der Waals surface area contributed by atoms with Crippen molar-refractivity contribution < 1.29 is 18.3 Å². The molecule has 3 rings (SSSR count). The van der Waals surface area contributed by atoms with E-state index in [4.69, 9.17) is 4.74 Å². The smallest absolute Gasteiger partial charge is 0.257 e. The number of hydrogen-bond acceptors (Lipinski definition) is 3. The van der Waals surface area contributed by atoms with Crippen LogP contribution < -0.4 is 10.1 Å². The highest BCUT2D eigenvalue weighted by Crippen LogP contribution is 2.23. The number of benzene rings is 2. The highest BCUT2D eigenvalue weighted by molar-refractivity contribution is 6.04. The third-order valence-electron chi connectivity index (χ3n) is 3.46. The number of nitrogens with zero attached hydrogens (tertiary/aromatic N) is 1. The first-order valence-corrected chi connectivity index (χ1v) is 7.49. The summed E-state index contributed by atoms with van der Waals surface area (Å²) in [6.45, 7) is 1.57. The highest BCUT2D eigenvalue weighted by Gasteiger charge is 2.11. The van der Waals surface area contributed by atoms with E-state index in [0.29, 0.717) is 28.4 Å². The lowest BCUT2D eigenvalue weighted by molar-refractivity contribution is 0.102. The molecule has 0 radical (unpaired) electrons. The van der Waals surface area contributed by atoms with E-state index in [0.717, 1.165) is 6.07 Å². The number of halogens is 2. The predicted octanol–water partition coefficient (Wildman–Crippen LogP) is 4.71. The van der Waals surface area contributed by atoms with Gasteiger partial charge in [-0.2, -0.15) is 4.39 Å². The summed E-state index contributed by atoms with van der Waals surface area (Å²) in [5.41, 5.74) is 1.17. The van der Waals surface area contributed by atoms with Crippen molar-refractivity contribution in [2.45, 2.75) is 6.92 Å². The molecule has 3 aromatic rings. The van der Waals surface area contributed by atoms with Gasteiger partial charge in [0.15, 0.2) is 0 Å². The van der Waals surface area contributed by atoms with E-state index in [9.17, 15) is 13.6 Å². The van der Waals surface area contributed by atoms with Gasteiger partial charge in [-0.05, 0) is 67.6 Å². The highest BCUT2D eigenvalue weighted by atomic mass is 19.1. The Kier molecular flexibility index (Phi) is 4.70. The number of anilines is 1. The summed E-state index contributed by atoms with van der Waals surface area (Å²) < 4.78 is 31.5. The fraction of sp³-hybridized carbons (Fsp3) is 0.0526. The summed E-state index contributed by atoms with van der Waals surface area (Å²) in [6.07, 6.45) is 0. The molecule has 0 fully saturated rings. The van der Waals surface area contributed by atoms with Crippen LogP contribution in [-0.2, 0) is 0 Å². The number of aromatic nitrogens is 1. The zero-order valence-corrected chi connectivity index (χ0v) is 13.3. The Hall–Kier alpha value is -3.28. The number of carbonyl (C=O) groups excluding carboxylic acids is 1. The molecule has 0 atom stereocenters. The third kappa shape index (κ3) is 4.17. The summed E-state index contributed by atoms with van der Waals surface area (Å²) >= 11 is 0. The minimum Gasteiger partial charge on any atom is -0.457 e. The first kappa shape index (κ1) is 16.6. The van der Waals surface area contributed by atoms with Crippen molar-refractivity contribution in [3.63, 3.8) is 0 Å². The van der Waals surface area contributed by atoms with Crippen molar-refractivity contribution in [1.82, 2.24) is 4.98 Å². The first-order valence-electron chi connectivity index (χ1n) is 7.49. The van der Waals surface area contributed by atoms with E-state index in [1.807, 2.05) is 0 Å². The van der Waals surface area contributed by atoms with Crippen LogP contribution in [0.1, 0.15) is 16.1 Å². The van der Waals surface area contributed by atoms with Crippen molar-refractivity contribution in [2.24, 2.45) is 0 Å². The second-order valence-corrected chi connectivity index (χ2v) is 5.30. The Morgan fingerprint density at radius 2 is 1.52 bits per heavy atom. The van der Waals surface area contributed by atoms with Crippen LogP contribution in [0, 0.1) is 18.7 Å². The summed E-state index contributed by atoms with van der Waals surface area (Å²) in [6, 6.07) is 14.9. The molecule has 1 N–H and O–H groups in total. The van der Waals surface area contributed by atoms with Crippen LogP contribution in [0.2, 0.25) is 0 Å². The van der Waals surface area contributed by atoms with E-state index in [2.05, 4.69) is 10.3 Å². The second-order valence-electron chi connectivity index (χ2n) is 5.30. The molecule has 0 unspecified atom stereocenters. The molecule has 0 aliphatic rings. The van der Waals surface area contributed by atoms with Gasteiger partial charge < -0.3 is 10.1 Å². The maximum absolute atomic E-state index is 13.0. The molecule has 0 aliphatic carbocycles. The number of carbonyl (C=O) groups is 1. The minimum atomic E-state index is -0.628.